The number of carbonyl (C=O) groups excluding carboxylic acids is 3. The number of aliphatic imine (C=N–C) groups is 1. The summed E-state index contributed by atoms with van der Waals surface area (Å²) in [6.07, 6.45) is 1.56. The average Bonchev–Trinajstić information content (AvgIpc) is 3.20. The van der Waals surface area contributed by atoms with E-state index >= 15 is 0 Å². The second-order valence-corrected chi connectivity index (χ2v) is 8.64. The van der Waals surface area contributed by atoms with Gasteiger partial charge in [0, 0.05) is 21.8 Å². The molecule has 0 radical (unpaired) electrons. The molecule has 3 aromatic rings. The summed E-state index contributed by atoms with van der Waals surface area (Å²) in [5.74, 6) is -0.0763. The maximum absolute atomic E-state index is 12.9. The second-order valence-electron chi connectivity index (χ2n) is 8.24. The number of carbonyl (C=O) groups is 3. The number of halogens is 1. The Hall–Kier alpha value is -4.83. The highest BCUT2D eigenvalue weighted by molar-refractivity contribution is 6.32. The predicted molar refractivity (Wildman–Crippen MR) is 147 cm³/mol. The Labute approximate surface area is 229 Å². The largest absolute Gasteiger partial charge is 0.493 e. The fourth-order valence-corrected chi connectivity index (χ4v) is 3.98. The highest BCUT2D eigenvalue weighted by atomic mass is 35.5. The van der Waals surface area contributed by atoms with Gasteiger partial charge in [0.15, 0.2) is 11.5 Å². The Bertz CT molecular complexity index is 1480. The predicted octanol–water partition coefficient (Wildman–Crippen LogP) is 4.56. The van der Waals surface area contributed by atoms with Gasteiger partial charge < -0.3 is 19.5 Å². The number of nitrogens with one attached hydrogen (secondary N) is 2. The molecule has 0 atom stereocenters. The van der Waals surface area contributed by atoms with E-state index in [-0.39, 0.29) is 16.8 Å². The molecule has 0 bridgehead atoms. The number of hydrogen-bond donors (Lipinski definition) is 2. The molecule has 2 N–H and O–H groups in total. The number of anilines is 1. The zero-order chi connectivity index (χ0) is 28.1. The van der Waals surface area contributed by atoms with Crippen LogP contribution in [0.3, 0.4) is 0 Å². The molecule has 0 aliphatic carbocycles. The number of rotatable bonds is 8. The van der Waals surface area contributed by atoms with E-state index in [1.165, 1.54) is 45.6 Å². The van der Waals surface area contributed by atoms with Crippen LogP contribution in [-0.2, 0) is 4.79 Å². The minimum absolute atomic E-state index is 0.144. The van der Waals surface area contributed by atoms with Crippen molar-refractivity contribution in [3.05, 3.63) is 88.1 Å². The van der Waals surface area contributed by atoms with Gasteiger partial charge in [0.25, 0.3) is 17.7 Å². The molecule has 3 amide bonds. The van der Waals surface area contributed by atoms with E-state index in [1.807, 2.05) is 0 Å². The first-order valence-electron chi connectivity index (χ1n) is 11.6. The summed E-state index contributed by atoms with van der Waals surface area (Å²) in [7, 11) is 4.39. The van der Waals surface area contributed by atoms with E-state index < -0.39 is 17.7 Å². The van der Waals surface area contributed by atoms with Gasteiger partial charge in [-0.15, -0.1) is 0 Å². The summed E-state index contributed by atoms with van der Waals surface area (Å²) in [6, 6.07) is 16.3. The number of ether oxygens (including phenoxy) is 3. The summed E-state index contributed by atoms with van der Waals surface area (Å²) in [5.41, 5.74) is 4.34. The Morgan fingerprint density at radius 3 is 2.13 bits per heavy atom. The SMILES string of the molecule is COc1cc(C(=O)Nc2ccc(C(=O)NN3C(=O)/C(=C/c4ccccc4Cl)N=C3C)cc2)cc(OC)c1OC. The van der Waals surface area contributed by atoms with E-state index in [0.717, 1.165) is 5.01 Å². The summed E-state index contributed by atoms with van der Waals surface area (Å²) in [5, 5.41) is 4.31. The molecule has 4 rings (SSSR count). The molecule has 200 valence electrons. The molecule has 11 heteroatoms. The molecule has 10 nitrogen and oxygen atoms in total. The van der Waals surface area contributed by atoms with Crippen LogP contribution in [0, 0.1) is 0 Å². The number of amides is 3. The lowest BCUT2D eigenvalue weighted by atomic mass is 10.1. The lowest BCUT2D eigenvalue weighted by molar-refractivity contribution is -0.124. The third kappa shape index (κ3) is 5.86. The van der Waals surface area contributed by atoms with Crippen LogP contribution < -0.4 is 25.0 Å². The zero-order valence-electron chi connectivity index (χ0n) is 21.6. The molecular weight excluding hydrogens is 524 g/mol. The molecule has 39 heavy (non-hydrogen) atoms. The first-order valence-corrected chi connectivity index (χ1v) is 12.0. The third-order valence-electron chi connectivity index (χ3n) is 5.77. The molecule has 1 heterocycles. The van der Waals surface area contributed by atoms with Crippen LogP contribution in [-0.4, -0.2) is 49.9 Å². The second kappa shape index (κ2) is 11.7. The van der Waals surface area contributed by atoms with Crippen molar-refractivity contribution in [3.8, 4) is 17.2 Å². The molecule has 0 saturated carbocycles. The number of nitrogens with zero attached hydrogens (tertiary/aromatic N) is 2. The molecule has 3 aromatic carbocycles. The van der Waals surface area contributed by atoms with Gasteiger partial charge in [0.05, 0.1) is 21.3 Å². The van der Waals surface area contributed by atoms with Gasteiger partial charge in [-0.2, -0.15) is 0 Å². The topological polar surface area (TPSA) is 119 Å². The van der Waals surface area contributed by atoms with Crippen molar-refractivity contribution in [2.75, 3.05) is 26.6 Å². The minimum Gasteiger partial charge on any atom is -0.493 e. The van der Waals surface area contributed by atoms with Gasteiger partial charge in [0.1, 0.15) is 11.5 Å². The molecule has 0 saturated heterocycles. The fourth-order valence-electron chi connectivity index (χ4n) is 3.79. The summed E-state index contributed by atoms with van der Waals surface area (Å²) >= 11 is 6.18. The molecular formula is C28H25ClN4O6. The van der Waals surface area contributed by atoms with Gasteiger partial charge >= 0.3 is 0 Å². The third-order valence-corrected chi connectivity index (χ3v) is 6.11. The van der Waals surface area contributed by atoms with Crippen molar-refractivity contribution in [2.45, 2.75) is 6.92 Å². The van der Waals surface area contributed by atoms with Crippen molar-refractivity contribution in [1.82, 2.24) is 10.4 Å². The van der Waals surface area contributed by atoms with Gasteiger partial charge in [0.2, 0.25) is 5.75 Å². The standard InChI is InChI=1S/C28H25ClN4O6/c1-16-30-22(13-18-7-5-6-8-21(18)29)28(36)33(16)32-27(35)17-9-11-20(12-10-17)31-26(34)19-14-23(37-2)25(39-4)24(15-19)38-3/h5-15H,1-4H3,(H,31,34)(H,32,35)/b22-13-. The van der Waals surface area contributed by atoms with Gasteiger partial charge in [-0.3, -0.25) is 19.8 Å². The van der Waals surface area contributed by atoms with Crippen molar-refractivity contribution in [2.24, 2.45) is 4.99 Å². The lowest BCUT2D eigenvalue weighted by Gasteiger charge is -2.17. The Morgan fingerprint density at radius 2 is 1.54 bits per heavy atom. The number of methoxy groups -OCH3 is 3. The van der Waals surface area contributed by atoms with Crippen LogP contribution in [0.5, 0.6) is 17.2 Å². The van der Waals surface area contributed by atoms with E-state index in [0.29, 0.717) is 39.4 Å². The summed E-state index contributed by atoms with van der Waals surface area (Å²) < 4.78 is 15.9. The van der Waals surface area contributed by atoms with Crippen molar-refractivity contribution in [3.63, 3.8) is 0 Å². The molecule has 1 aliphatic rings. The van der Waals surface area contributed by atoms with E-state index in [1.54, 1.807) is 49.4 Å². The summed E-state index contributed by atoms with van der Waals surface area (Å²) in [4.78, 5) is 42.8. The van der Waals surface area contributed by atoms with Crippen molar-refractivity contribution < 1.29 is 28.6 Å². The highest BCUT2D eigenvalue weighted by Gasteiger charge is 2.29. The van der Waals surface area contributed by atoms with Crippen LogP contribution in [0.1, 0.15) is 33.2 Å². The first-order chi connectivity index (χ1) is 18.7. The maximum Gasteiger partial charge on any atom is 0.296 e. The molecule has 0 aromatic heterocycles. The Balaban J connectivity index is 1.43. The van der Waals surface area contributed by atoms with Gasteiger partial charge in [-0.25, -0.2) is 10.0 Å². The molecule has 0 unspecified atom stereocenters. The van der Waals surface area contributed by atoms with Gasteiger partial charge in [-0.05, 0) is 61.0 Å². The Kier molecular flexibility index (Phi) is 8.16. The lowest BCUT2D eigenvalue weighted by Crippen LogP contribution is -2.46. The smallest absolute Gasteiger partial charge is 0.296 e. The first kappa shape index (κ1) is 27.2. The molecule has 0 fully saturated rings. The fraction of sp³-hybridized carbons (Fsp3) is 0.143. The number of amidine groups is 1. The normalized spacial score (nSPS) is 13.7. The Morgan fingerprint density at radius 1 is 0.897 bits per heavy atom. The average molecular weight is 549 g/mol. The van der Waals surface area contributed by atoms with Gasteiger partial charge in [-0.1, -0.05) is 29.8 Å². The quantitative estimate of drug-likeness (QED) is 0.398. The van der Waals surface area contributed by atoms with Crippen LogP contribution in [0.2, 0.25) is 5.02 Å². The highest BCUT2D eigenvalue weighted by Crippen LogP contribution is 2.38. The van der Waals surface area contributed by atoms with Crippen molar-refractivity contribution in [1.29, 1.82) is 0 Å². The number of benzene rings is 3. The zero-order valence-corrected chi connectivity index (χ0v) is 22.3. The van der Waals surface area contributed by atoms with E-state index in [2.05, 4.69) is 15.7 Å². The van der Waals surface area contributed by atoms with Crippen LogP contribution in [0.25, 0.3) is 6.08 Å². The van der Waals surface area contributed by atoms with Crippen LogP contribution in [0.4, 0.5) is 5.69 Å². The summed E-state index contributed by atoms with van der Waals surface area (Å²) in [6.45, 7) is 1.60. The van der Waals surface area contributed by atoms with Crippen LogP contribution >= 0.6 is 11.6 Å². The minimum atomic E-state index is -0.528. The maximum atomic E-state index is 12.9. The van der Waals surface area contributed by atoms with E-state index in [9.17, 15) is 14.4 Å². The van der Waals surface area contributed by atoms with Crippen LogP contribution in [0.15, 0.2) is 71.4 Å². The molecule has 1 aliphatic heterocycles. The monoisotopic (exact) mass is 548 g/mol. The number of hydrogen-bond acceptors (Lipinski definition) is 7. The molecule has 0 spiro atoms. The number of hydrazine groups is 1. The van der Waals surface area contributed by atoms with Crippen molar-refractivity contribution >= 4 is 46.9 Å². The van der Waals surface area contributed by atoms with E-state index in [4.69, 9.17) is 25.8 Å².